The fraction of sp³-hybridized carbons (Fsp3) is 0.800. The zero-order chi connectivity index (χ0) is 9.23. The topological polar surface area (TPSA) is 0 Å². The molecule has 71 valence electrons. The highest BCUT2D eigenvalue weighted by atomic mass is 28.3. The van der Waals surface area contributed by atoms with Gasteiger partial charge in [-0.3, -0.25) is 0 Å². The van der Waals surface area contributed by atoms with E-state index in [2.05, 4.69) is 13.8 Å². The molecule has 0 nitrogen and oxygen atoms in total. The third kappa shape index (κ3) is 6.59. The van der Waals surface area contributed by atoms with Crippen LogP contribution < -0.4 is 0 Å². The van der Waals surface area contributed by atoms with Crippen molar-refractivity contribution in [2.75, 3.05) is 0 Å². The van der Waals surface area contributed by atoms with Crippen LogP contribution in [0.5, 0.6) is 0 Å². The fourth-order valence-electron chi connectivity index (χ4n) is 1.19. The number of unbranched alkanes of at least 4 members (excludes halogenated alkanes) is 2. The Morgan fingerprint density at radius 3 is 1.92 bits per heavy atom. The quantitative estimate of drug-likeness (QED) is 0.526. The van der Waals surface area contributed by atoms with Crippen LogP contribution in [-0.2, 0) is 0 Å². The van der Waals surface area contributed by atoms with E-state index in [9.17, 15) is 4.39 Å². The Labute approximate surface area is 77.5 Å². The third-order valence-corrected chi connectivity index (χ3v) is 4.59. The second kappa shape index (κ2) is 8.98. The van der Waals surface area contributed by atoms with Gasteiger partial charge in [-0.15, -0.1) is 0 Å². The average Bonchev–Trinajstić information content (AvgIpc) is 2.10. The third-order valence-electron chi connectivity index (χ3n) is 2.00. The molecule has 12 heavy (non-hydrogen) atoms. The minimum atomic E-state index is -0.476. The fourth-order valence-corrected chi connectivity index (χ4v) is 3.57. The molecule has 1 radical (unpaired) electrons. The number of hydrogen-bond donors (Lipinski definition) is 0. The van der Waals surface area contributed by atoms with Crippen LogP contribution in [0.1, 0.15) is 39.5 Å². The van der Waals surface area contributed by atoms with Crippen molar-refractivity contribution >= 4 is 8.80 Å². The molecule has 0 aromatic carbocycles. The van der Waals surface area contributed by atoms with Gasteiger partial charge < -0.3 is 0 Å². The van der Waals surface area contributed by atoms with E-state index in [0.29, 0.717) is 0 Å². The molecule has 2 heteroatoms. The highest BCUT2D eigenvalue weighted by molar-refractivity contribution is 6.64. The zero-order valence-corrected chi connectivity index (χ0v) is 9.28. The second-order valence-corrected chi connectivity index (χ2v) is 5.81. The van der Waals surface area contributed by atoms with Gasteiger partial charge in [-0.2, -0.15) is 0 Å². The average molecular weight is 187 g/mol. The number of rotatable bonds is 7. The molecule has 0 saturated carbocycles. The molecule has 0 aromatic heterocycles. The molecule has 0 rings (SSSR count). The molecular weight excluding hydrogens is 167 g/mol. The monoisotopic (exact) mass is 187 g/mol. The summed E-state index contributed by atoms with van der Waals surface area (Å²) >= 11 is 0. The van der Waals surface area contributed by atoms with Crippen LogP contribution in [0, 0.1) is 0 Å². The Balaban J connectivity index is 3.54. The number of hydrogen-bond acceptors (Lipinski definition) is 0. The van der Waals surface area contributed by atoms with Crippen molar-refractivity contribution in [1.29, 1.82) is 0 Å². The Kier molecular flexibility index (Phi) is 8.89. The maximum atomic E-state index is 11.9. The van der Waals surface area contributed by atoms with Crippen LogP contribution in [0.4, 0.5) is 4.39 Å². The minimum absolute atomic E-state index is 0.476. The SMILES string of the molecule is CCCC[Si](C=CF)CCCC. The molecule has 0 fully saturated rings. The van der Waals surface area contributed by atoms with Crippen molar-refractivity contribution in [2.45, 2.75) is 51.6 Å². The predicted octanol–water partition coefficient (Wildman–Crippen LogP) is 4.10. The summed E-state index contributed by atoms with van der Waals surface area (Å²) in [5, 5.41) is 0. The zero-order valence-electron chi connectivity index (χ0n) is 8.28. The van der Waals surface area contributed by atoms with E-state index in [1.165, 1.54) is 37.8 Å². The van der Waals surface area contributed by atoms with E-state index >= 15 is 0 Å². The number of halogens is 1. The standard InChI is InChI=1S/C10H20FSi/c1-3-5-8-12(10-7-11)9-6-4-2/h7,10H,3-6,8-9H2,1-2H3. The summed E-state index contributed by atoms with van der Waals surface area (Å²) in [5.41, 5.74) is 1.82. The Hall–Kier alpha value is -0.113. The normalized spacial score (nSPS) is 11.7. The molecule has 0 amide bonds. The lowest BCUT2D eigenvalue weighted by atomic mass is 10.4. The summed E-state index contributed by atoms with van der Waals surface area (Å²) in [5.74, 6) is 0. The summed E-state index contributed by atoms with van der Waals surface area (Å²) in [4.78, 5) is 0. The molecular formula is C10H20FSi. The van der Waals surface area contributed by atoms with Gasteiger partial charge in [0.1, 0.15) is 0 Å². The van der Waals surface area contributed by atoms with Crippen molar-refractivity contribution in [2.24, 2.45) is 0 Å². The molecule has 0 aliphatic carbocycles. The van der Waals surface area contributed by atoms with E-state index in [-0.39, 0.29) is 0 Å². The van der Waals surface area contributed by atoms with Crippen molar-refractivity contribution in [1.82, 2.24) is 0 Å². The van der Waals surface area contributed by atoms with E-state index in [0.717, 1.165) is 6.33 Å². The maximum Gasteiger partial charge on any atom is 0.0788 e. The van der Waals surface area contributed by atoms with Gasteiger partial charge in [0.15, 0.2) is 0 Å². The Bertz CT molecular complexity index is 104. The van der Waals surface area contributed by atoms with Gasteiger partial charge >= 0.3 is 0 Å². The van der Waals surface area contributed by atoms with Crippen LogP contribution in [0.2, 0.25) is 12.1 Å². The highest BCUT2D eigenvalue weighted by Crippen LogP contribution is 2.10. The first kappa shape index (κ1) is 11.9. The highest BCUT2D eigenvalue weighted by Gasteiger charge is 2.05. The van der Waals surface area contributed by atoms with Crippen molar-refractivity contribution in [3.8, 4) is 0 Å². The van der Waals surface area contributed by atoms with Gasteiger partial charge in [-0.05, 0) is 0 Å². The van der Waals surface area contributed by atoms with Gasteiger partial charge in [0.25, 0.3) is 0 Å². The van der Waals surface area contributed by atoms with Gasteiger partial charge in [-0.1, -0.05) is 57.3 Å². The van der Waals surface area contributed by atoms with E-state index in [1.807, 2.05) is 5.70 Å². The molecule has 0 saturated heterocycles. The van der Waals surface area contributed by atoms with Crippen LogP contribution in [0.3, 0.4) is 0 Å². The van der Waals surface area contributed by atoms with E-state index < -0.39 is 8.80 Å². The second-order valence-electron chi connectivity index (χ2n) is 3.16. The van der Waals surface area contributed by atoms with Crippen LogP contribution >= 0.6 is 0 Å². The lowest BCUT2D eigenvalue weighted by molar-refractivity contribution is 0.722. The first-order valence-corrected chi connectivity index (χ1v) is 6.95. The lowest BCUT2D eigenvalue weighted by Crippen LogP contribution is -2.08. The first-order chi connectivity index (χ1) is 5.85. The summed E-state index contributed by atoms with van der Waals surface area (Å²) in [6.07, 6.45) is 5.76. The van der Waals surface area contributed by atoms with Gasteiger partial charge in [-0.25, -0.2) is 4.39 Å². The van der Waals surface area contributed by atoms with Crippen LogP contribution in [-0.4, -0.2) is 8.80 Å². The van der Waals surface area contributed by atoms with Gasteiger partial charge in [0.05, 0.1) is 15.1 Å². The van der Waals surface area contributed by atoms with E-state index in [1.54, 1.807) is 0 Å². The molecule has 0 heterocycles. The molecule has 0 unspecified atom stereocenters. The molecule has 0 aliphatic heterocycles. The summed E-state index contributed by atoms with van der Waals surface area (Å²) < 4.78 is 11.9. The predicted molar refractivity (Wildman–Crippen MR) is 55.4 cm³/mol. The van der Waals surface area contributed by atoms with Crippen LogP contribution in [0.25, 0.3) is 0 Å². The summed E-state index contributed by atoms with van der Waals surface area (Å²) in [6.45, 7) is 4.39. The Morgan fingerprint density at radius 1 is 1.08 bits per heavy atom. The first-order valence-electron chi connectivity index (χ1n) is 4.96. The summed E-state index contributed by atoms with van der Waals surface area (Å²) in [7, 11) is -0.476. The van der Waals surface area contributed by atoms with Crippen molar-refractivity contribution < 1.29 is 4.39 Å². The smallest absolute Gasteiger partial charge is 0.0788 e. The van der Waals surface area contributed by atoms with Crippen LogP contribution in [0.15, 0.2) is 12.0 Å². The summed E-state index contributed by atoms with van der Waals surface area (Å²) in [6, 6.07) is 2.50. The molecule has 0 bridgehead atoms. The van der Waals surface area contributed by atoms with Crippen molar-refractivity contribution in [3.05, 3.63) is 12.0 Å². The molecule has 0 aromatic rings. The largest absolute Gasteiger partial charge is 0.216 e. The lowest BCUT2D eigenvalue weighted by Gasteiger charge is -2.07. The maximum absolute atomic E-state index is 11.9. The molecule has 0 spiro atoms. The minimum Gasteiger partial charge on any atom is -0.216 e. The van der Waals surface area contributed by atoms with Crippen molar-refractivity contribution in [3.63, 3.8) is 0 Å². The molecule has 0 atom stereocenters. The van der Waals surface area contributed by atoms with Gasteiger partial charge in [0.2, 0.25) is 0 Å². The molecule has 0 aliphatic rings. The van der Waals surface area contributed by atoms with E-state index in [4.69, 9.17) is 0 Å². The van der Waals surface area contributed by atoms with Gasteiger partial charge in [0, 0.05) is 0 Å². The molecule has 0 N–H and O–H groups in total. The Morgan fingerprint density at radius 2 is 1.58 bits per heavy atom.